The number of nitrogen functional groups attached to an aromatic ring is 1. The lowest BCUT2D eigenvalue weighted by Crippen LogP contribution is -1.98. The van der Waals surface area contributed by atoms with E-state index in [1.807, 2.05) is 31.2 Å². The first-order valence-electron chi connectivity index (χ1n) is 7.43. The Morgan fingerprint density at radius 1 is 1.17 bits per heavy atom. The number of imidazole rings is 1. The van der Waals surface area contributed by atoms with Crippen molar-refractivity contribution < 1.29 is 9.13 Å². The van der Waals surface area contributed by atoms with Gasteiger partial charge in [0.25, 0.3) is 0 Å². The fraction of sp³-hybridized carbons (Fsp3) is 0.111. The number of hydrogen-bond acceptors (Lipinski definition) is 4. The SMILES string of the molecule is Cc1cn(N=Cc2ccc(COc3ccc(F)cc3)cc2)c(N)n1. The van der Waals surface area contributed by atoms with Gasteiger partial charge in [0.2, 0.25) is 5.95 Å². The highest BCUT2D eigenvalue weighted by Crippen LogP contribution is 2.14. The van der Waals surface area contributed by atoms with Crippen molar-refractivity contribution in [2.45, 2.75) is 13.5 Å². The number of ether oxygens (including phenoxy) is 1. The minimum Gasteiger partial charge on any atom is -0.489 e. The zero-order valence-corrected chi connectivity index (χ0v) is 13.2. The van der Waals surface area contributed by atoms with Gasteiger partial charge in [0.15, 0.2) is 0 Å². The molecule has 2 N–H and O–H groups in total. The smallest absolute Gasteiger partial charge is 0.221 e. The number of aromatic nitrogens is 2. The molecule has 3 aromatic rings. The molecule has 0 bridgehead atoms. The van der Waals surface area contributed by atoms with E-state index in [-0.39, 0.29) is 5.82 Å². The van der Waals surface area contributed by atoms with Crippen LogP contribution in [0.3, 0.4) is 0 Å². The van der Waals surface area contributed by atoms with Crippen LogP contribution in [-0.2, 0) is 6.61 Å². The highest BCUT2D eigenvalue weighted by Gasteiger charge is 1.99. The molecule has 1 heterocycles. The first kappa shape index (κ1) is 15.7. The molecular formula is C18H17FN4O. The molecule has 0 radical (unpaired) electrons. The summed E-state index contributed by atoms with van der Waals surface area (Å²) in [5, 5.41) is 4.27. The van der Waals surface area contributed by atoms with E-state index in [0.29, 0.717) is 18.3 Å². The monoisotopic (exact) mass is 324 g/mol. The van der Waals surface area contributed by atoms with Gasteiger partial charge in [-0.25, -0.2) is 14.1 Å². The number of rotatable bonds is 5. The second kappa shape index (κ2) is 6.95. The molecule has 0 saturated carbocycles. The molecule has 3 rings (SSSR count). The number of aryl methyl sites for hydroxylation is 1. The van der Waals surface area contributed by atoms with Gasteiger partial charge in [-0.05, 0) is 42.3 Å². The highest BCUT2D eigenvalue weighted by molar-refractivity contribution is 5.79. The first-order chi connectivity index (χ1) is 11.6. The summed E-state index contributed by atoms with van der Waals surface area (Å²) in [5.74, 6) is 0.709. The quantitative estimate of drug-likeness (QED) is 0.732. The molecule has 0 fully saturated rings. The third-order valence-electron chi connectivity index (χ3n) is 3.36. The van der Waals surface area contributed by atoms with Crippen LogP contribution in [-0.4, -0.2) is 15.9 Å². The number of anilines is 1. The van der Waals surface area contributed by atoms with Gasteiger partial charge in [-0.15, -0.1) is 0 Å². The van der Waals surface area contributed by atoms with Crippen molar-refractivity contribution in [3.8, 4) is 5.75 Å². The first-order valence-corrected chi connectivity index (χ1v) is 7.43. The molecule has 122 valence electrons. The molecule has 0 spiro atoms. The largest absolute Gasteiger partial charge is 0.489 e. The fourth-order valence-electron chi connectivity index (χ4n) is 2.12. The molecule has 0 atom stereocenters. The molecule has 0 aliphatic carbocycles. The van der Waals surface area contributed by atoms with Crippen LogP contribution in [0.25, 0.3) is 0 Å². The maximum Gasteiger partial charge on any atom is 0.221 e. The third-order valence-corrected chi connectivity index (χ3v) is 3.36. The third kappa shape index (κ3) is 3.98. The summed E-state index contributed by atoms with van der Waals surface area (Å²) in [6.45, 7) is 2.27. The normalized spacial score (nSPS) is 11.1. The average molecular weight is 324 g/mol. The van der Waals surface area contributed by atoms with E-state index in [1.54, 1.807) is 24.5 Å². The van der Waals surface area contributed by atoms with Crippen LogP contribution in [0.1, 0.15) is 16.8 Å². The average Bonchev–Trinajstić information content (AvgIpc) is 2.91. The lowest BCUT2D eigenvalue weighted by molar-refractivity contribution is 0.306. The van der Waals surface area contributed by atoms with Crippen LogP contribution in [0.4, 0.5) is 10.3 Å². The number of hydrogen-bond donors (Lipinski definition) is 1. The number of nitrogens with zero attached hydrogens (tertiary/aromatic N) is 3. The van der Waals surface area contributed by atoms with E-state index < -0.39 is 0 Å². The zero-order chi connectivity index (χ0) is 16.9. The molecule has 0 aliphatic heterocycles. The van der Waals surface area contributed by atoms with Crippen molar-refractivity contribution in [1.29, 1.82) is 0 Å². The molecule has 24 heavy (non-hydrogen) atoms. The van der Waals surface area contributed by atoms with E-state index in [4.69, 9.17) is 10.5 Å². The Morgan fingerprint density at radius 3 is 2.50 bits per heavy atom. The van der Waals surface area contributed by atoms with Crippen molar-refractivity contribution in [3.63, 3.8) is 0 Å². The summed E-state index contributed by atoms with van der Waals surface area (Å²) in [7, 11) is 0. The van der Waals surface area contributed by atoms with Crippen LogP contribution in [0.2, 0.25) is 0 Å². The van der Waals surface area contributed by atoms with Gasteiger partial charge < -0.3 is 10.5 Å². The predicted octanol–water partition coefficient (Wildman–Crippen LogP) is 3.37. The molecule has 1 aromatic heterocycles. The summed E-state index contributed by atoms with van der Waals surface area (Å²) in [5.41, 5.74) is 8.49. The summed E-state index contributed by atoms with van der Waals surface area (Å²) in [4.78, 5) is 4.08. The maximum absolute atomic E-state index is 12.8. The van der Waals surface area contributed by atoms with Gasteiger partial charge in [-0.2, -0.15) is 5.10 Å². The molecule has 5 nitrogen and oxygen atoms in total. The van der Waals surface area contributed by atoms with Crippen molar-refractivity contribution in [2.24, 2.45) is 5.10 Å². The number of nitrogens with two attached hydrogens (primary N) is 1. The van der Waals surface area contributed by atoms with Gasteiger partial charge in [-0.1, -0.05) is 24.3 Å². The van der Waals surface area contributed by atoms with E-state index in [0.717, 1.165) is 16.8 Å². The minimum absolute atomic E-state index is 0.278. The highest BCUT2D eigenvalue weighted by atomic mass is 19.1. The van der Waals surface area contributed by atoms with Crippen LogP contribution in [0.5, 0.6) is 5.75 Å². The van der Waals surface area contributed by atoms with Crippen LogP contribution in [0.15, 0.2) is 59.8 Å². The van der Waals surface area contributed by atoms with Crippen molar-refractivity contribution in [3.05, 3.63) is 77.4 Å². The Balaban J connectivity index is 1.60. The molecule has 6 heteroatoms. The molecule has 2 aromatic carbocycles. The van der Waals surface area contributed by atoms with Crippen molar-refractivity contribution in [1.82, 2.24) is 9.66 Å². The Kier molecular flexibility index (Phi) is 4.56. The van der Waals surface area contributed by atoms with E-state index in [9.17, 15) is 4.39 Å². The Labute approximate surface area is 139 Å². The van der Waals surface area contributed by atoms with E-state index >= 15 is 0 Å². The summed E-state index contributed by atoms with van der Waals surface area (Å²) in [6, 6.07) is 13.7. The maximum atomic E-state index is 12.8. The number of benzene rings is 2. The standard InChI is InChI=1S/C18H17FN4O/c1-13-11-23(18(20)22-13)21-10-14-2-4-15(5-3-14)12-24-17-8-6-16(19)7-9-17/h2-11H,12H2,1H3,(H2,20,22). The van der Waals surface area contributed by atoms with Crippen LogP contribution in [0, 0.1) is 12.7 Å². The lowest BCUT2D eigenvalue weighted by Gasteiger charge is -2.06. The van der Waals surface area contributed by atoms with Gasteiger partial charge in [0.05, 0.1) is 18.1 Å². The van der Waals surface area contributed by atoms with Crippen molar-refractivity contribution >= 4 is 12.2 Å². The minimum atomic E-state index is -0.278. The second-order valence-corrected chi connectivity index (χ2v) is 5.31. The fourth-order valence-corrected chi connectivity index (χ4v) is 2.12. The van der Waals surface area contributed by atoms with Crippen molar-refractivity contribution in [2.75, 3.05) is 5.73 Å². The van der Waals surface area contributed by atoms with Gasteiger partial charge in [0.1, 0.15) is 18.2 Å². The topological polar surface area (TPSA) is 65.4 Å². The molecule has 0 unspecified atom stereocenters. The summed E-state index contributed by atoms with van der Waals surface area (Å²) < 4.78 is 20.0. The van der Waals surface area contributed by atoms with Gasteiger partial charge >= 0.3 is 0 Å². The Morgan fingerprint density at radius 2 is 1.88 bits per heavy atom. The predicted molar refractivity (Wildman–Crippen MR) is 91.5 cm³/mol. The van der Waals surface area contributed by atoms with Crippen LogP contribution >= 0.6 is 0 Å². The van der Waals surface area contributed by atoms with E-state index in [2.05, 4.69) is 10.1 Å². The summed E-state index contributed by atoms with van der Waals surface area (Å²) in [6.07, 6.45) is 3.47. The molecule has 0 saturated heterocycles. The molecule has 0 aliphatic rings. The molecular weight excluding hydrogens is 307 g/mol. The zero-order valence-electron chi connectivity index (χ0n) is 13.2. The number of halogens is 1. The Bertz CT molecular complexity index is 838. The van der Waals surface area contributed by atoms with Gasteiger partial charge in [-0.3, -0.25) is 0 Å². The molecule has 0 amide bonds. The van der Waals surface area contributed by atoms with Crippen LogP contribution < -0.4 is 10.5 Å². The van der Waals surface area contributed by atoms with Gasteiger partial charge in [0, 0.05) is 0 Å². The second-order valence-electron chi connectivity index (χ2n) is 5.31. The lowest BCUT2D eigenvalue weighted by atomic mass is 10.1. The summed E-state index contributed by atoms with van der Waals surface area (Å²) >= 11 is 0. The van der Waals surface area contributed by atoms with E-state index in [1.165, 1.54) is 16.8 Å². The Hall–Kier alpha value is -3.15.